The minimum atomic E-state index is 0.144. The van der Waals surface area contributed by atoms with E-state index in [9.17, 15) is 4.79 Å². The molecule has 0 atom stereocenters. The molecule has 0 bridgehead atoms. The first kappa shape index (κ1) is 9.10. The predicted molar refractivity (Wildman–Crippen MR) is 49.3 cm³/mol. The summed E-state index contributed by atoms with van der Waals surface area (Å²) in [6, 6.07) is 0. The molecule has 0 saturated carbocycles. The van der Waals surface area contributed by atoms with Crippen LogP contribution in [-0.4, -0.2) is 9.78 Å². The predicted octanol–water partition coefficient (Wildman–Crippen LogP) is 1.54. The Morgan fingerprint density at radius 2 is 2.25 bits per heavy atom. The van der Waals surface area contributed by atoms with Crippen LogP contribution >= 0.6 is 0 Å². The highest BCUT2D eigenvalue weighted by Gasteiger charge is 2.01. The zero-order valence-electron chi connectivity index (χ0n) is 7.76. The molecule has 0 spiro atoms. The van der Waals surface area contributed by atoms with Crippen LogP contribution in [0.4, 0.5) is 0 Å². The van der Waals surface area contributed by atoms with E-state index in [2.05, 4.69) is 12.0 Å². The molecule has 68 valence electrons. The van der Waals surface area contributed by atoms with Crippen LogP contribution in [0.2, 0.25) is 0 Å². The van der Waals surface area contributed by atoms with Crippen molar-refractivity contribution in [2.24, 2.45) is 0 Å². The van der Waals surface area contributed by atoms with E-state index in [0.717, 1.165) is 31.4 Å². The third-order valence-electron chi connectivity index (χ3n) is 2.03. The molecule has 1 N–H and O–H groups in total. The van der Waals surface area contributed by atoms with Gasteiger partial charge in [-0.2, -0.15) is 0 Å². The van der Waals surface area contributed by atoms with Crippen LogP contribution < -0.4 is 5.56 Å². The van der Waals surface area contributed by atoms with Gasteiger partial charge in [-0.25, -0.2) is 0 Å². The van der Waals surface area contributed by atoms with Crippen LogP contribution in [-0.2, 0) is 13.0 Å². The van der Waals surface area contributed by atoms with Crippen LogP contribution in [0.5, 0.6) is 0 Å². The normalized spacial score (nSPS) is 10.5. The monoisotopic (exact) mass is 168 g/mol. The molecule has 0 saturated heterocycles. The topological polar surface area (TPSA) is 37.8 Å². The van der Waals surface area contributed by atoms with Crippen LogP contribution in [0.15, 0.2) is 11.0 Å². The highest BCUT2D eigenvalue weighted by atomic mass is 16.1. The average Bonchev–Trinajstić information content (AvgIpc) is 2.43. The fourth-order valence-corrected chi connectivity index (χ4v) is 1.19. The molecule has 3 heteroatoms. The standard InChI is InChI=1S/C9H16N2O/c1-3-5-6-11-9(12)8(4-2)7-10-11/h7,10H,3-6H2,1-2H3. The number of unbranched alkanes of at least 4 members (excludes halogenated alkanes) is 1. The summed E-state index contributed by atoms with van der Waals surface area (Å²) in [6.07, 6.45) is 4.79. The average molecular weight is 168 g/mol. The van der Waals surface area contributed by atoms with Crippen molar-refractivity contribution in [3.8, 4) is 0 Å². The van der Waals surface area contributed by atoms with E-state index < -0.39 is 0 Å². The van der Waals surface area contributed by atoms with Gasteiger partial charge in [-0.05, 0) is 12.8 Å². The molecule has 0 radical (unpaired) electrons. The molecule has 3 nitrogen and oxygen atoms in total. The Hall–Kier alpha value is -0.990. The van der Waals surface area contributed by atoms with Crippen LogP contribution in [0, 0.1) is 0 Å². The van der Waals surface area contributed by atoms with Crippen molar-refractivity contribution in [2.75, 3.05) is 0 Å². The molecule has 0 amide bonds. The van der Waals surface area contributed by atoms with Crippen molar-refractivity contribution in [3.05, 3.63) is 22.1 Å². The molecule has 0 aromatic carbocycles. The van der Waals surface area contributed by atoms with E-state index in [-0.39, 0.29) is 5.56 Å². The fourth-order valence-electron chi connectivity index (χ4n) is 1.19. The Balaban J connectivity index is 2.73. The lowest BCUT2D eigenvalue weighted by atomic mass is 10.3. The van der Waals surface area contributed by atoms with E-state index in [1.54, 1.807) is 10.9 Å². The number of aryl methyl sites for hydroxylation is 2. The lowest BCUT2D eigenvalue weighted by molar-refractivity contribution is 0.556. The molecule has 0 aliphatic rings. The molecule has 0 aliphatic carbocycles. The molecule has 1 rings (SSSR count). The molecular formula is C9H16N2O. The first-order valence-electron chi connectivity index (χ1n) is 4.56. The molecule has 1 heterocycles. The number of aromatic nitrogens is 2. The second-order valence-electron chi connectivity index (χ2n) is 2.96. The Kier molecular flexibility index (Phi) is 3.14. The van der Waals surface area contributed by atoms with Gasteiger partial charge in [0, 0.05) is 18.3 Å². The molecule has 0 aliphatic heterocycles. The lowest BCUT2D eigenvalue weighted by Gasteiger charge is -1.97. The fraction of sp³-hybridized carbons (Fsp3) is 0.667. The van der Waals surface area contributed by atoms with Crippen molar-refractivity contribution < 1.29 is 0 Å². The van der Waals surface area contributed by atoms with Gasteiger partial charge in [0.1, 0.15) is 0 Å². The Morgan fingerprint density at radius 1 is 1.50 bits per heavy atom. The summed E-state index contributed by atoms with van der Waals surface area (Å²) in [4.78, 5) is 11.4. The first-order valence-corrected chi connectivity index (χ1v) is 4.56. The highest BCUT2D eigenvalue weighted by Crippen LogP contribution is 1.93. The summed E-state index contributed by atoms with van der Waals surface area (Å²) in [5, 5.41) is 2.96. The van der Waals surface area contributed by atoms with Crippen LogP contribution in [0.3, 0.4) is 0 Å². The van der Waals surface area contributed by atoms with Gasteiger partial charge >= 0.3 is 0 Å². The summed E-state index contributed by atoms with van der Waals surface area (Å²) in [5.41, 5.74) is 1.03. The lowest BCUT2D eigenvalue weighted by Crippen LogP contribution is -2.18. The van der Waals surface area contributed by atoms with Gasteiger partial charge in [0.25, 0.3) is 5.56 Å². The number of rotatable bonds is 4. The van der Waals surface area contributed by atoms with Gasteiger partial charge in [0.2, 0.25) is 0 Å². The van der Waals surface area contributed by atoms with Gasteiger partial charge in [-0.3, -0.25) is 9.48 Å². The highest BCUT2D eigenvalue weighted by molar-refractivity contribution is 5.03. The van der Waals surface area contributed by atoms with Crippen molar-refractivity contribution in [1.82, 2.24) is 9.78 Å². The first-order chi connectivity index (χ1) is 5.79. The molecule has 1 aromatic heterocycles. The molecule has 12 heavy (non-hydrogen) atoms. The van der Waals surface area contributed by atoms with Crippen LogP contribution in [0.1, 0.15) is 32.3 Å². The number of hydrogen-bond donors (Lipinski definition) is 1. The van der Waals surface area contributed by atoms with Gasteiger partial charge in [0.15, 0.2) is 0 Å². The zero-order valence-corrected chi connectivity index (χ0v) is 7.76. The van der Waals surface area contributed by atoms with E-state index in [0.29, 0.717) is 0 Å². The Morgan fingerprint density at radius 3 is 2.75 bits per heavy atom. The maximum absolute atomic E-state index is 11.4. The molecule has 0 fully saturated rings. The minimum absolute atomic E-state index is 0.144. The summed E-state index contributed by atoms with van der Waals surface area (Å²) < 4.78 is 1.68. The summed E-state index contributed by atoms with van der Waals surface area (Å²) in [6.45, 7) is 4.93. The number of nitrogens with one attached hydrogen (secondary N) is 1. The molecule has 0 unspecified atom stereocenters. The van der Waals surface area contributed by atoms with E-state index >= 15 is 0 Å². The van der Waals surface area contributed by atoms with Crippen LogP contribution in [0.25, 0.3) is 0 Å². The maximum Gasteiger partial charge on any atom is 0.269 e. The Labute approximate surface area is 72.4 Å². The molecule has 1 aromatic rings. The Bertz CT molecular complexity index is 285. The van der Waals surface area contributed by atoms with Crippen molar-refractivity contribution in [3.63, 3.8) is 0 Å². The van der Waals surface area contributed by atoms with Gasteiger partial charge in [0.05, 0.1) is 0 Å². The van der Waals surface area contributed by atoms with Crippen molar-refractivity contribution in [1.29, 1.82) is 0 Å². The van der Waals surface area contributed by atoms with E-state index in [4.69, 9.17) is 0 Å². The largest absolute Gasteiger partial charge is 0.303 e. The smallest absolute Gasteiger partial charge is 0.269 e. The second-order valence-corrected chi connectivity index (χ2v) is 2.96. The number of aromatic amines is 1. The maximum atomic E-state index is 11.4. The third kappa shape index (κ3) is 1.78. The van der Waals surface area contributed by atoms with Gasteiger partial charge < -0.3 is 5.10 Å². The second kappa shape index (κ2) is 4.14. The van der Waals surface area contributed by atoms with E-state index in [1.165, 1.54) is 0 Å². The summed E-state index contributed by atoms with van der Waals surface area (Å²) in [7, 11) is 0. The summed E-state index contributed by atoms with van der Waals surface area (Å²) in [5.74, 6) is 0. The number of nitrogens with zero attached hydrogens (tertiary/aromatic N) is 1. The zero-order chi connectivity index (χ0) is 8.97. The third-order valence-corrected chi connectivity index (χ3v) is 2.03. The number of H-pyrrole nitrogens is 1. The SMILES string of the molecule is CCCCn1[nH]cc(CC)c1=O. The van der Waals surface area contributed by atoms with E-state index in [1.807, 2.05) is 6.92 Å². The molecular weight excluding hydrogens is 152 g/mol. The van der Waals surface area contributed by atoms with Crippen molar-refractivity contribution in [2.45, 2.75) is 39.7 Å². The van der Waals surface area contributed by atoms with Crippen molar-refractivity contribution >= 4 is 0 Å². The van der Waals surface area contributed by atoms with Gasteiger partial charge in [-0.15, -0.1) is 0 Å². The minimum Gasteiger partial charge on any atom is -0.303 e. The quantitative estimate of drug-likeness (QED) is 0.727. The number of hydrogen-bond acceptors (Lipinski definition) is 1. The summed E-state index contributed by atoms with van der Waals surface area (Å²) >= 11 is 0. The van der Waals surface area contributed by atoms with Gasteiger partial charge in [-0.1, -0.05) is 20.3 Å².